The van der Waals surface area contributed by atoms with Gasteiger partial charge < -0.3 is 5.32 Å². The normalized spacial score (nSPS) is 17.3. The smallest absolute Gasteiger partial charge is 0.138 e. The van der Waals surface area contributed by atoms with Crippen molar-refractivity contribution < 1.29 is 0 Å². The fourth-order valence-corrected chi connectivity index (χ4v) is 5.08. The Morgan fingerprint density at radius 1 is 1.13 bits per heavy atom. The molecule has 0 unspecified atom stereocenters. The number of anilines is 1. The van der Waals surface area contributed by atoms with Crippen LogP contribution in [0.5, 0.6) is 0 Å². The minimum Gasteiger partial charge on any atom is -0.369 e. The van der Waals surface area contributed by atoms with Crippen molar-refractivity contribution in [3.8, 4) is 0 Å². The maximum absolute atomic E-state index is 4.82. The van der Waals surface area contributed by atoms with E-state index in [1.807, 2.05) is 11.3 Å². The van der Waals surface area contributed by atoms with Crippen LogP contribution in [0.1, 0.15) is 61.7 Å². The van der Waals surface area contributed by atoms with Crippen LogP contribution in [0, 0.1) is 0 Å². The van der Waals surface area contributed by atoms with E-state index >= 15 is 0 Å². The summed E-state index contributed by atoms with van der Waals surface area (Å²) in [4.78, 5) is 12.3. The lowest BCUT2D eigenvalue weighted by Gasteiger charge is -2.14. The Balaban J connectivity index is 1.58. The van der Waals surface area contributed by atoms with E-state index in [0.29, 0.717) is 0 Å². The molecule has 0 aliphatic heterocycles. The van der Waals surface area contributed by atoms with Crippen LogP contribution >= 0.6 is 11.3 Å². The summed E-state index contributed by atoms with van der Waals surface area (Å²) in [5.74, 6) is 2.06. The zero-order chi connectivity index (χ0) is 15.6. The molecule has 2 aromatic rings. The molecule has 0 saturated heterocycles. The molecule has 122 valence electrons. The van der Waals surface area contributed by atoms with Gasteiger partial charge in [-0.3, -0.25) is 0 Å². The third-order valence-corrected chi connectivity index (χ3v) is 6.24. The van der Waals surface area contributed by atoms with Crippen molar-refractivity contribution in [2.75, 3.05) is 11.9 Å². The lowest BCUT2D eigenvalue weighted by molar-refractivity contribution is 0.679. The number of aromatic nitrogens is 2. The van der Waals surface area contributed by atoms with Gasteiger partial charge in [0.25, 0.3) is 0 Å². The van der Waals surface area contributed by atoms with E-state index in [1.54, 1.807) is 10.5 Å². The van der Waals surface area contributed by atoms with Gasteiger partial charge in [-0.15, -0.1) is 11.3 Å². The van der Waals surface area contributed by atoms with E-state index in [-0.39, 0.29) is 0 Å². The second kappa shape index (κ2) is 6.60. The Bertz CT molecular complexity index is 745. The van der Waals surface area contributed by atoms with E-state index in [0.717, 1.165) is 31.0 Å². The van der Waals surface area contributed by atoms with Gasteiger partial charge in [0, 0.05) is 17.8 Å². The summed E-state index contributed by atoms with van der Waals surface area (Å²) >= 11 is 1.89. The van der Waals surface area contributed by atoms with Crippen molar-refractivity contribution >= 4 is 27.4 Å². The standard InChI is InChI=1S/C19H25N3S/c1-2-16-21-18(20-12-11-13-7-4-3-5-8-13)17-14-9-6-10-15(14)23-19(17)22-16/h7H,2-6,8-12H2,1H3,(H,20,21,22). The van der Waals surface area contributed by atoms with E-state index in [1.165, 1.54) is 60.7 Å². The molecule has 0 fully saturated rings. The van der Waals surface area contributed by atoms with Crippen LogP contribution < -0.4 is 5.32 Å². The van der Waals surface area contributed by atoms with Gasteiger partial charge in [-0.2, -0.15) is 0 Å². The maximum Gasteiger partial charge on any atom is 0.138 e. The van der Waals surface area contributed by atoms with Crippen LogP contribution in [0.3, 0.4) is 0 Å². The van der Waals surface area contributed by atoms with Gasteiger partial charge in [-0.05, 0) is 56.9 Å². The third-order valence-electron chi connectivity index (χ3n) is 5.05. The first-order chi connectivity index (χ1) is 11.3. The number of nitrogens with zero attached hydrogens (tertiary/aromatic N) is 2. The molecule has 4 heteroatoms. The summed E-state index contributed by atoms with van der Waals surface area (Å²) in [6.45, 7) is 3.13. The van der Waals surface area contributed by atoms with E-state index < -0.39 is 0 Å². The summed E-state index contributed by atoms with van der Waals surface area (Å²) in [5, 5.41) is 4.96. The van der Waals surface area contributed by atoms with Gasteiger partial charge >= 0.3 is 0 Å². The van der Waals surface area contributed by atoms with Gasteiger partial charge in [0.1, 0.15) is 16.5 Å². The fourth-order valence-electron chi connectivity index (χ4n) is 3.80. The summed E-state index contributed by atoms with van der Waals surface area (Å²) < 4.78 is 0. The molecule has 0 atom stereocenters. The number of hydrogen-bond donors (Lipinski definition) is 1. The Hall–Kier alpha value is -1.42. The Morgan fingerprint density at radius 3 is 2.91 bits per heavy atom. The summed E-state index contributed by atoms with van der Waals surface area (Å²) in [5.41, 5.74) is 3.15. The molecule has 2 heterocycles. The number of thiophene rings is 1. The second-order valence-corrected chi connectivity index (χ2v) is 7.75. The lowest BCUT2D eigenvalue weighted by Crippen LogP contribution is -2.08. The van der Waals surface area contributed by atoms with Gasteiger partial charge in [-0.1, -0.05) is 18.6 Å². The van der Waals surface area contributed by atoms with Crippen LogP contribution in [0.4, 0.5) is 5.82 Å². The molecule has 0 amide bonds. The third kappa shape index (κ3) is 3.01. The first kappa shape index (κ1) is 15.1. The van der Waals surface area contributed by atoms with Crippen molar-refractivity contribution in [2.45, 2.75) is 64.7 Å². The average Bonchev–Trinajstić information content (AvgIpc) is 3.16. The summed E-state index contributed by atoms with van der Waals surface area (Å²) in [6, 6.07) is 0. The van der Waals surface area contributed by atoms with Crippen molar-refractivity contribution in [2.24, 2.45) is 0 Å². The van der Waals surface area contributed by atoms with Gasteiger partial charge in [0.05, 0.1) is 5.39 Å². The van der Waals surface area contributed by atoms with Crippen molar-refractivity contribution in [1.29, 1.82) is 0 Å². The van der Waals surface area contributed by atoms with Crippen LogP contribution in [0.15, 0.2) is 11.6 Å². The zero-order valence-corrected chi connectivity index (χ0v) is 14.8. The molecule has 2 aromatic heterocycles. The minimum atomic E-state index is 0.901. The number of aryl methyl sites for hydroxylation is 3. The lowest BCUT2D eigenvalue weighted by atomic mass is 9.97. The Labute approximate surface area is 142 Å². The zero-order valence-electron chi connectivity index (χ0n) is 14.0. The highest BCUT2D eigenvalue weighted by Crippen LogP contribution is 2.39. The monoisotopic (exact) mass is 327 g/mol. The molecule has 3 nitrogen and oxygen atoms in total. The minimum absolute atomic E-state index is 0.901. The fraction of sp³-hybridized carbons (Fsp3) is 0.579. The van der Waals surface area contributed by atoms with Crippen LogP contribution in [-0.2, 0) is 19.3 Å². The number of nitrogens with one attached hydrogen (secondary N) is 1. The van der Waals surface area contributed by atoms with Crippen LogP contribution in [0.25, 0.3) is 10.2 Å². The topological polar surface area (TPSA) is 37.8 Å². The SMILES string of the molecule is CCc1nc(NCCC2=CCCCC2)c2c3c(sc2n1)CCC3. The van der Waals surface area contributed by atoms with Crippen LogP contribution in [0.2, 0.25) is 0 Å². The van der Waals surface area contributed by atoms with E-state index in [2.05, 4.69) is 18.3 Å². The number of rotatable bonds is 5. The highest BCUT2D eigenvalue weighted by atomic mass is 32.1. The van der Waals surface area contributed by atoms with E-state index in [9.17, 15) is 0 Å². The molecular weight excluding hydrogens is 302 g/mol. The van der Waals surface area contributed by atoms with Gasteiger partial charge in [0.15, 0.2) is 0 Å². The molecule has 0 radical (unpaired) electrons. The molecule has 1 N–H and O–H groups in total. The summed E-state index contributed by atoms with van der Waals surface area (Å²) in [6.07, 6.45) is 13.5. The highest BCUT2D eigenvalue weighted by molar-refractivity contribution is 7.19. The first-order valence-corrected chi connectivity index (χ1v) is 9.89. The van der Waals surface area contributed by atoms with Crippen LogP contribution in [-0.4, -0.2) is 16.5 Å². The Morgan fingerprint density at radius 2 is 2.09 bits per heavy atom. The molecule has 0 bridgehead atoms. The molecule has 0 spiro atoms. The molecule has 23 heavy (non-hydrogen) atoms. The highest BCUT2D eigenvalue weighted by Gasteiger charge is 2.22. The maximum atomic E-state index is 4.82. The molecule has 2 aliphatic carbocycles. The van der Waals surface area contributed by atoms with Crippen molar-refractivity contribution in [3.05, 3.63) is 27.9 Å². The van der Waals surface area contributed by atoms with Crippen molar-refractivity contribution in [1.82, 2.24) is 9.97 Å². The van der Waals surface area contributed by atoms with Gasteiger partial charge in [0.2, 0.25) is 0 Å². The number of allylic oxidation sites excluding steroid dienone is 1. The predicted octanol–water partition coefficient (Wildman–Crippen LogP) is 5.04. The molecule has 0 saturated carbocycles. The first-order valence-electron chi connectivity index (χ1n) is 9.08. The average molecular weight is 327 g/mol. The van der Waals surface area contributed by atoms with Crippen molar-refractivity contribution in [3.63, 3.8) is 0 Å². The summed E-state index contributed by atoms with van der Waals surface area (Å²) in [7, 11) is 0. The Kier molecular flexibility index (Phi) is 4.34. The molecule has 4 rings (SSSR count). The molecular formula is C19H25N3S. The quantitative estimate of drug-likeness (QED) is 0.781. The van der Waals surface area contributed by atoms with E-state index in [4.69, 9.17) is 9.97 Å². The second-order valence-electron chi connectivity index (χ2n) is 6.66. The number of hydrogen-bond acceptors (Lipinski definition) is 4. The predicted molar refractivity (Wildman–Crippen MR) is 98.5 cm³/mol. The van der Waals surface area contributed by atoms with Gasteiger partial charge in [-0.25, -0.2) is 9.97 Å². The molecule has 0 aromatic carbocycles. The largest absolute Gasteiger partial charge is 0.369 e. The molecule has 2 aliphatic rings. The number of fused-ring (bicyclic) bond motifs is 3.